The normalized spacial score (nSPS) is 23.9. The third-order valence-electron chi connectivity index (χ3n) is 5.05. The van der Waals surface area contributed by atoms with Gasteiger partial charge in [0.2, 0.25) is 0 Å². The molecule has 0 aliphatic heterocycles. The minimum atomic E-state index is -0.338. The van der Waals surface area contributed by atoms with Gasteiger partial charge in [-0.2, -0.15) is 0 Å². The number of benzene rings is 1. The minimum absolute atomic E-state index is 0.120. The molecule has 1 aromatic carbocycles. The van der Waals surface area contributed by atoms with E-state index in [0.29, 0.717) is 25.2 Å². The fourth-order valence-corrected chi connectivity index (χ4v) is 3.73. The molecule has 0 bridgehead atoms. The molecule has 5 heteroatoms. The smallest absolute Gasteiger partial charge is 0.407 e. The molecule has 24 heavy (non-hydrogen) atoms. The molecule has 5 nitrogen and oxygen atoms in total. The van der Waals surface area contributed by atoms with Crippen LogP contribution in [-0.2, 0) is 11.3 Å². The predicted molar refractivity (Wildman–Crippen MR) is 92.6 cm³/mol. The molecule has 0 heterocycles. The number of ether oxygens (including phenoxy) is 1. The van der Waals surface area contributed by atoms with E-state index in [2.05, 4.69) is 10.2 Å². The van der Waals surface area contributed by atoms with Crippen molar-refractivity contribution in [1.29, 1.82) is 0 Å². The molecule has 0 unspecified atom stereocenters. The SMILES string of the molecule is O=C(N[C@@H]1CCCC[C@H]1N(CCO)C1CC1)OCc1ccccc1. The highest BCUT2D eigenvalue weighted by Crippen LogP contribution is 2.33. The summed E-state index contributed by atoms with van der Waals surface area (Å²) in [5, 5.41) is 12.4. The molecular formula is C19H28N2O3. The van der Waals surface area contributed by atoms with Crippen molar-refractivity contribution in [3.63, 3.8) is 0 Å². The van der Waals surface area contributed by atoms with Crippen LogP contribution in [0.5, 0.6) is 0 Å². The highest BCUT2D eigenvalue weighted by Gasteiger charge is 2.38. The lowest BCUT2D eigenvalue weighted by Crippen LogP contribution is -2.54. The molecule has 1 amide bonds. The lowest BCUT2D eigenvalue weighted by molar-refractivity contribution is 0.0817. The van der Waals surface area contributed by atoms with Crippen LogP contribution >= 0.6 is 0 Å². The summed E-state index contributed by atoms with van der Waals surface area (Å²) < 4.78 is 5.38. The van der Waals surface area contributed by atoms with Crippen molar-refractivity contribution in [3.8, 4) is 0 Å². The van der Waals surface area contributed by atoms with E-state index in [-0.39, 0.29) is 18.7 Å². The zero-order chi connectivity index (χ0) is 16.8. The maximum Gasteiger partial charge on any atom is 0.407 e. The van der Waals surface area contributed by atoms with Gasteiger partial charge >= 0.3 is 6.09 Å². The van der Waals surface area contributed by atoms with Crippen molar-refractivity contribution in [3.05, 3.63) is 35.9 Å². The van der Waals surface area contributed by atoms with Crippen LogP contribution in [0.4, 0.5) is 4.79 Å². The van der Waals surface area contributed by atoms with Crippen LogP contribution in [-0.4, -0.2) is 47.4 Å². The number of nitrogens with zero attached hydrogens (tertiary/aromatic N) is 1. The molecule has 2 fully saturated rings. The molecule has 2 N–H and O–H groups in total. The van der Waals surface area contributed by atoms with Gasteiger partial charge < -0.3 is 15.2 Å². The number of nitrogens with one attached hydrogen (secondary N) is 1. The molecule has 3 rings (SSSR count). The largest absolute Gasteiger partial charge is 0.445 e. The summed E-state index contributed by atoms with van der Waals surface area (Å²) >= 11 is 0. The Balaban J connectivity index is 1.53. The van der Waals surface area contributed by atoms with E-state index in [9.17, 15) is 9.90 Å². The summed E-state index contributed by atoms with van der Waals surface area (Å²) in [6.45, 7) is 1.18. The van der Waals surface area contributed by atoms with Gasteiger partial charge in [0.05, 0.1) is 6.61 Å². The molecular weight excluding hydrogens is 304 g/mol. The lowest BCUT2D eigenvalue weighted by Gasteiger charge is -2.40. The van der Waals surface area contributed by atoms with Gasteiger partial charge in [-0.3, -0.25) is 4.90 Å². The van der Waals surface area contributed by atoms with E-state index >= 15 is 0 Å². The Labute approximate surface area is 144 Å². The van der Waals surface area contributed by atoms with Gasteiger partial charge in [-0.25, -0.2) is 4.79 Å². The number of aliphatic hydroxyl groups excluding tert-OH is 1. The summed E-state index contributed by atoms with van der Waals surface area (Å²) in [6, 6.07) is 10.8. The summed E-state index contributed by atoms with van der Waals surface area (Å²) in [5.41, 5.74) is 0.993. The van der Waals surface area contributed by atoms with Crippen LogP contribution in [0.2, 0.25) is 0 Å². The number of alkyl carbamates (subject to hydrolysis) is 1. The third kappa shape index (κ3) is 4.71. The molecule has 2 aliphatic carbocycles. The summed E-state index contributed by atoms with van der Waals surface area (Å²) in [4.78, 5) is 14.6. The Bertz CT molecular complexity index is 519. The van der Waals surface area contributed by atoms with Gasteiger partial charge in [-0.1, -0.05) is 43.2 Å². The van der Waals surface area contributed by atoms with Gasteiger partial charge in [0.15, 0.2) is 0 Å². The topological polar surface area (TPSA) is 61.8 Å². The van der Waals surface area contributed by atoms with Crippen LogP contribution in [0, 0.1) is 0 Å². The maximum absolute atomic E-state index is 12.2. The van der Waals surface area contributed by atoms with E-state index in [0.717, 1.165) is 24.8 Å². The lowest BCUT2D eigenvalue weighted by atomic mass is 9.89. The molecule has 132 valence electrons. The zero-order valence-corrected chi connectivity index (χ0v) is 14.2. The highest BCUT2D eigenvalue weighted by molar-refractivity contribution is 5.67. The second-order valence-electron chi connectivity index (χ2n) is 6.86. The third-order valence-corrected chi connectivity index (χ3v) is 5.05. The first-order chi connectivity index (χ1) is 11.8. The van der Waals surface area contributed by atoms with Crippen molar-refractivity contribution in [2.24, 2.45) is 0 Å². The van der Waals surface area contributed by atoms with Crippen LogP contribution in [0.25, 0.3) is 0 Å². The summed E-state index contributed by atoms with van der Waals surface area (Å²) in [5.74, 6) is 0. The molecule has 0 radical (unpaired) electrons. The van der Waals surface area contributed by atoms with Gasteiger partial charge in [-0.15, -0.1) is 0 Å². The Morgan fingerprint density at radius 3 is 2.62 bits per heavy atom. The number of rotatable bonds is 7. The van der Waals surface area contributed by atoms with E-state index in [1.54, 1.807) is 0 Å². The van der Waals surface area contributed by atoms with Gasteiger partial charge in [0, 0.05) is 24.7 Å². The first kappa shape index (κ1) is 17.2. The molecule has 0 saturated heterocycles. The molecule has 2 aliphatic rings. The number of hydrogen-bond acceptors (Lipinski definition) is 4. The van der Waals surface area contributed by atoms with Crippen molar-refractivity contribution in [2.45, 2.75) is 63.3 Å². The van der Waals surface area contributed by atoms with Crippen LogP contribution < -0.4 is 5.32 Å². The van der Waals surface area contributed by atoms with E-state index in [1.165, 1.54) is 19.3 Å². The molecule has 0 aromatic heterocycles. The number of carbonyl (C=O) groups excluding carboxylic acids is 1. The van der Waals surface area contributed by atoms with Crippen molar-refractivity contribution in [2.75, 3.05) is 13.2 Å². The van der Waals surface area contributed by atoms with Gasteiger partial charge in [0.25, 0.3) is 0 Å². The highest BCUT2D eigenvalue weighted by atomic mass is 16.5. The quantitative estimate of drug-likeness (QED) is 0.806. The first-order valence-corrected chi connectivity index (χ1v) is 9.12. The summed E-state index contributed by atoms with van der Waals surface area (Å²) in [6.07, 6.45) is 6.48. The Hall–Kier alpha value is -1.59. The Morgan fingerprint density at radius 2 is 1.92 bits per heavy atom. The molecule has 0 spiro atoms. The molecule has 2 atom stereocenters. The number of aliphatic hydroxyl groups is 1. The minimum Gasteiger partial charge on any atom is -0.445 e. The maximum atomic E-state index is 12.2. The number of amides is 1. The monoisotopic (exact) mass is 332 g/mol. The Kier molecular flexibility index (Phi) is 6.10. The average Bonchev–Trinajstić information content (AvgIpc) is 3.44. The predicted octanol–water partition coefficient (Wildman–Crippen LogP) is 2.68. The van der Waals surface area contributed by atoms with Crippen LogP contribution in [0.1, 0.15) is 44.1 Å². The van der Waals surface area contributed by atoms with Crippen molar-refractivity contribution in [1.82, 2.24) is 10.2 Å². The van der Waals surface area contributed by atoms with E-state index in [1.807, 2.05) is 30.3 Å². The van der Waals surface area contributed by atoms with Gasteiger partial charge in [-0.05, 0) is 31.2 Å². The van der Waals surface area contributed by atoms with E-state index in [4.69, 9.17) is 4.74 Å². The average molecular weight is 332 g/mol. The Morgan fingerprint density at radius 1 is 1.17 bits per heavy atom. The van der Waals surface area contributed by atoms with Gasteiger partial charge in [0.1, 0.15) is 6.61 Å². The zero-order valence-electron chi connectivity index (χ0n) is 14.2. The second kappa shape index (κ2) is 8.49. The summed E-state index contributed by atoms with van der Waals surface area (Å²) in [7, 11) is 0. The standard InChI is InChI=1S/C19H28N2O3/c22-13-12-21(16-10-11-16)18-9-5-4-8-17(18)20-19(23)24-14-15-6-2-1-3-7-15/h1-3,6-7,16-18,22H,4-5,8-14H2,(H,20,23)/t17-,18-/m1/s1. The van der Waals surface area contributed by atoms with Crippen molar-refractivity contribution >= 4 is 6.09 Å². The van der Waals surface area contributed by atoms with Crippen molar-refractivity contribution < 1.29 is 14.6 Å². The second-order valence-corrected chi connectivity index (χ2v) is 6.86. The molecule has 1 aromatic rings. The first-order valence-electron chi connectivity index (χ1n) is 9.12. The number of carbonyl (C=O) groups is 1. The van der Waals surface area contributed by atoms with Crippen LogP contribution in [0.15, 0.2) is 30.3 Å². The van der Waals surface area contributed by atoms with Crippen LogP contribution in [0.3, 0.4) is 0 Å². The molecule has 2 saturated carbocycles. The fourth-order valence-electron chi connectivity index (χ4n) is 3.73. The van der Waals surface area contributed by atoms with E-state index < -0.39 is 0 Å². The number of hydrogen-bond donors (Lipinski definition) is 2. The fraction of sp³-hybridized carbons (Fsp3) is 0.632.